The smallest absolute Gasteiger partial charge is 0.330 e. The SMILES string of the molecule is COC(=O)/C=C\C(O)c1ccc(OC)cc1. The average molecular weight is 222 g/mol. The standard InChI is InChI=1S/C12H14O4/c1-15-10-5-3-9(4-6-10)11(13)7-8-12(14)16-2/h3-8,11,13H,1-2H3/b8-7-. The lowest BCUT2D eigenvalue weighted by Crippen LogP contribution is -1.98. The van der Waals surface area contributed by atoms with Crippen LogP contribution in [0.3, 0.4) is 0 Å². The predicted octanol–water partition coefficient (Wildman–Crippen LogP) is 1.46. The van der Waals surface area contributed by atoms with Gasteiger partial charge in [-0.15, -0.1) is 0 Å². The average Bonchev–Trinajstić information content (AvgIpc) is 2.35. The fraction of sp³-hybridized carbons (Fsp3) is 0.250. The largest absolute Gasteiger partial charge is 0.497 e. The van der Waals surface area contributed by atoms with Gasteiger partial charge in [-0.25, -0.2) is 4.79 Å². The second-order valence-electron chi connectivity index (χ2n) is 3.10. The highest BCUT2D eigenvalue weighted by Crippen LogP contribution is 2.18. The van der Waals surface area contributed by atoms with Crippen molar-refractivity contribution >= 4 is 5.97 Å². The van der Waals surface area contributed by atoms with Gasteiger partial charge in [0.05, 0.1) is 20.3 Å². The molecule has 1 aromatic carbocycles. The summed E-state index contributed by atoms with van der Waals surface area (Å²) >= 11 is 0. The van der Waals surface area contributed by atoms with Gasteiger partial charge < -0.3 is 14.6 Å². The summed E-state index contributed by atoms with van der Waals surface area (Å²) < 4.78 is 9.41. The molecule has 4 nitrogen and oxygen atoms in total. The number of carbonyl (C=O) groups is 1. The predicted molar refractivity (Wildman–Crippen MR) is 59.1 cm³/mol. The topological polar surface area (TPSA) is 55.8 Å². The number of esters is 1. The molecule has 1 rings (SSSR count). The molecule has 0 radical (unpaired) electrons. The van der Waals surface area contributed by atoms with Gasteiger partial charge in [0, 0.05) is 6.08 Å². The molecule has 1 unspecified atom stereocenters. The fourth-order valence-corrected chi connectivity index (χ4v) is 1.15. The zero-order valence-corrected chi connectivity index (χ0v) is 9.21. The molecule has 0 spiro atoms. The van der Waals surface area contributed by atoms with Crippen molar-refractivity contribution in [2.45, 2.75) is 6.10 Å². The Hall–Kier alpha value is -1.81. The fourth-order valence-electron chi connectivity index (χ4n) is 1.15. The zero-order chi connectivity index (χ0) is 12.0. The van der Waals surface area contributed by atoms with Crippen LogP contribution < -0.4 is 4.74 Å². The number of carbonyl (C=O) groups excluding carboxylic acids is 1. The lowest BCUT2D eigenvalue weighted by molar-refractivity contribution is -0.134. The van der Waals surface area contributed by atoms with Crippen molar-refractivity contribution in [3.8, 4) is 5.75 Å². The summed E-state index contributed by atoms with van der Waals surface area (Å²) in [6, 6.07) is 6.94. The summed E-state index contributed by atoms with van der Waals surface area (Å²) in [5, 5.41) is 9.69. The first kappa shape index (κ1) is 12.3. The molecular weight excluding hydrogens is 208 g/mol. The molecule has 86 valence electrons. The molecule has 0 saturated carbocycles. The van der Waals surface area contributed by atoms with Gasteiger partial charge >= 0.3 is 5.97 Å². The van der Waals surface area contributed by atoms with E-state index in [-0.39, 0.29) is 0 Å². The minimum Gasteiger partial charge on any atom is -0.497 e. The van der Waals surface area contributed by atoms with Crippen molar-refractivity contribution in [1.82, 2.24) is 0 Å². The van der Waals surface area contributed by atoms with Crippen LogP contribution in [0.5, 0.6) is 5.75 Å². The molecule has 1 atom stereocenters. The third kappa shape index (κ3) is 3.40. The van der Waals surface area contributed by atoms with E-state index in [4.69, 9.17) is 4.74 Å². The van der Waals surface area contributed by atoms with Crippen LogP contribution in [0.4, 0.5) is 0 Å². The monoisotopic (exact) mass is 222 g/mol. The highest BCUT2D eigenvalue weighted by Gasteiger charge is 2.04. The lowest BCUT2D eigenvalue weighted by Gasteiger charge is -2.06. The Morgan fingerprint density at radius 1 is 1.31 bits per heavy atom. The number of aliphatic hydroxyl groups is 1. The number of hydrogen-bond acceptors (Lipinski definition) is 4. The van der Waals surface area contributed by atoms with Gasteiger partial charge in [-0.3, -0.25) is 0 Å². The normalized spacial score (nSPS) is 12.4. The Bertz CT molecular complexity index is 367. The number of ether oxygens (including phenoxy) is 2. The highest BCUT2D eigenvalue weighted by molar-refractivity contribution is 5.81. The Labute approximate surface area is 94.1 Å². The maximum absolute atomic E-state index is 10.8. The van der Waals surface area contributed by atoms with Gasteiger partial charge in [0.1, 0.15) is 5.75 Å². The third-order valence-corrected chi connectivity index (χ3v) is 2.07. The van der Waals surface area contributed by atoms with Crippen molar-refractivity contribution in [2.75, 3.05) is 14.2 Å². The molecule has 0 aliphatic carbocycles. The van der Waals surface area contributed by atoms with Gasteiger partial charge in [0.15, 0.2) is 0 Å². The lowest BCUT2D eigenvalue weighted by atomic mass is 10.1. The van der Waals surface area contributed by atoms with Crippen LogP contribution in [0.25, 0.3) is 0 Å². The highest BCUT2D eigenvalue weighted by atomic mass is 16.5. The van der Waals surface area contributed by atoms with Gasteiger partial charge in [-0.05, 0) is 23.8 Å². The maximum atomic E-state index is 10.8. The van der Waals surface area contributed by atoms with Crippen molar-refractivity contribution in [2.24, 2.45) is 0 Å². The Morgan fingerprint density at radius 3 is 2.44 bits per heavy atom. The molecule has 0 aliphatic rings. The first-order valence-electron chi connectivity index (χ1n) is 4.75. The van der Waals surface area contributed by atoms with E-state index in [1.165, 1.54) is 19.3 Å². The molecular formula is C12H14O4. The van der Waals surface area contributed by atoms with E-state index in [0.717, 1.165) is 0 Å². The van der Waals surface area contributed by atoms with Crippen LogP contribution in [0, 0.1) is 0 Å². The molecule has 0 saturated heterocycles. The van der Waals surface area contributed by atoms with Crippen molar-refractivity contribution in [1.29, 1.82) is 0 Å². The number of aliphatic hydroxyl groups excluding tert-OH is 1. The minimum absolute atomic E-state index is 0.493. The number of methoxy groups -OCH3 is 2. The van der Waals surface area contributed by atoms with E-state index in [0.29, 0.717) is 11.3 Å². The van der Waals surface area contributed by atoms with Gasteiger partial charge in [0.25, 0.3) is 0 Å². The Balaban J connectivity index is 2.69. The quantitative estimate of drug-likeness (QED) is 0.619. The molecule has 0 bridgehead atoms. The molecule has 0 heterocycles. The molecule has 1 N–H and O–H groups in total. The van der Waals surface area contributed by atoms with Crippen molar-refractivity contribution in [3.05, 3.63) is 42.0 Å². The van der Waals surface area contributed by atoms with E-state index in [2.05, 4.69) is 4.74 Å². The molecule has 0 aliphatic heterocycles. The van der Waals surface area contributed by atoms with Crippen LogP contribution in [-0.2, 0) is 9.53 Å². The van der Waals surface area contributed by atoms with Crippen molar-refractivity contribution in [3.63, 3.8) is 0 Å². The number of rotatable bonds is 4. The summed E-state index contributed by atoms with van der Waals surface area (Å²) in [4.78, 5) is 10.8. The summed E-state index contributed by atoms with van der Waals surface area (Å²) in [6.45, 7) is 0. The zero-order valence-electron chi connectivity index (χ0n) is 9.21. The minimum atomic E-state index is -0.829. The number of hydrogen-bond donors (Lipinski definition) is 1. The molecule has 1 aromatic rings. The van der Waals surface area contributed by atoms with Gasteiger partial charge in [-0.2, -0.15) is 0 Å². The van der Waals surface area contributed by atoms with Crippen LogP contribution >= 0.6 is 0 Å². The molecule has 0 amide bonds. The van der Waals surface area contributed by atoms with Crippen LogP contribution in [0.15, 0.2) is 36.4 Å². The maximum Gasteiger partial charge on any atom is 0.330 e. The van der Waals surface area contributed by atoms with Crippen LogP contribution in [-0.4, -0.2) is 25.3 Å². The van der Waals surface area contributed by atoms with Crippen LogP contribution in [0.2, 0.25) is 0 Å². The van der Waals surface area contributed by atoms with E-state index >= 15 is 0 Å². The second kappa shape index (κ2) is 5.92. The summed E-state index contributed by atoms with van der Waals surface area (Å²) in [5.74, 6) is 0.223. The van der Waals surface area contributed by atoms with E-state index in [1.54, 1.807) is 31.4 Å². The molecule has 0 aromatic heterocycles. The van der Waals surface area contributed by atoms with Gasteiger partial charge in [0.2, 0.25) is 0 Å². The summed E-state index contributed by atoms with van der Waals surface area (Å²) in [5.41, 5.74) is 0.681. The summed E-state index contributed by atoms with van der Waals surface area (Å²) in [7, 11) is 2.86. The molecule has 16 heavy (non-hydrogen) atoms. The first-order valence-corrected chi connectivity index (χ1v) is 4.75. The van der Waals surface area contributed by atoms with E-state index in [9.17, 15) is 9.90 Å². The summed E-state index contributed by atoms with van der Waals surface area (Å²) in [6.07, 6.45) is 1.73. The number of benzene rings is 1. The van der Waals surface area contributed by atoms with Crippen LogP contribution in [0.1, 0.15) is 11.7 Å². The Kier molecular flexibility index (Phi) is 4.54. The first-order chi connectivity index (χ1) is 7.67. The third-order valence-electron chi connectivity index (χ3n) is 2.07. The second-order valence-corrected chi connectivity index (χ2v) is 3.10. The van der Waals surface area contributed by atoms with E-state index in [1.807, 2.05) is 0 Å². The molecule has 0 fully saturated rings. The molecule has 4 heteroatoms. The van der Waals surface area contributed by atoms with Crippen molar-refractivity contribution < 1.29 is 19.4 Å². The Morgan fingerprint density at radius 2 is 1.94 bits per heavy atom. The van der Waals surface area contributed by atoms with E-state index < -0.39 is 12.1 Å². The van der Waals surface area contributed by atoms with Gasteiger partial charge in [-0.1, -0.05) is 12.1 Å².